The number of piperidine rings is 1. The smallest absolute Gasteiger partial charge is 0.240 e. The van der Waals surface area contributed by atoms with Crippen LogP contribution in [0.1, 0.15) is 19.3 Å². The van der Waals surface area contributed by atoms with Gasteiger partial charge < -0.3 is 9.64 Å². The molecule has 2 aromatic rings. The van der Waals surface area contributed by atoms with Gasteiger partial charge in [0.2, 0.25) is 10.0 Å². The average molecular weight is 378 g/mol. The first-order chi connectivity index (χ1) is 12.5. The minimum absolute atomic E-state index is 0.197. The van der Waals surface area contributed by atoms with Crippen LogP contribution in [0.15, 0.2) is 53.4 Å². The van der Waals surface area contributed by atoms with E-state index in [9.17, 15) is 12.8 Å². The van der Waals surface area contributed by atoms with Crippen LogP contribution in [0.5, 0.6) is 11.5 Å². The summed E-state index contributed by atoms with van der Waals surface area (Å²) >= 11 is 0. The zero-order valence-electron chi connectivity index (χ0n) is 14.5. The first kappa shape index (κ1) is 18.8. The van der Waals surface area contributed by atoms with Crippen LogP contribution in [0.2, 0.25) is 0 Å². The number of hydrogen-bond donors (Lipinski definition) is 1. The lowest BCUT2D eigenvalue weighted by molar-refractivity contribution is 0.233. The molecule has 1 heterocycles. The summed E-state index contributed by atoms with van der Waals surface area (Å²) in [5.41, 5.74) is 0. The summed E-state index contributed by atoms with van der Waals surface area (Å²) < 4.78 is 45.9. The van der Waals surface area contributed by atoms with Crippen molar-refractivity contribution in [3.8, 4) is 11.5 Å². The van der Waals surface area contributed by atoms with Crippen LogP contribution in [0.4, 0.5) is 4.39 Å². The molecule has 0 radical (unpaired) electrons. The highest BCUT2D eigenvalue weighted by molar-refractivity contribution is 7.89. The second kappa shape index (κ2) is 8.62. The molecule has 5 nitrogen and oxygen atoms in total. The van der Waals surface area contributed by atoms with Crippen LogP contribution in [0.25, 0.3) is 0 Å². The van der Waals surface area contributed by atoms with Crippen LogP contribution >= 0.6 is 0 Å². The van der Waals surface area contributed by atoms with E-state index < -0.39 is 10.0 Å². The largest absolute Gasteiger partial charge is 0.457 e. The maximum Gasteiger partial charge on any atom is 0.240 e. The standard InChI is InChI=1S/C19H23FN2O3S/c20-16-4-6-17(7-5-16)25-18-8-10-19(11-9-18)26(23,24)21-12-15-22-13-2-1-3-14-22/h4-11,21H,1-3,12-15H2. The topological polar surface area (TPSA) is 58.6 Å². The SMILES string of the molecule is O=S(=O)(NCCN1CCCCC1)c1ccc(Oc2ccc(F)cc2)cc1. The van der Waals surface area contributed by atoms with Gasteiger partial charge in [-0.3, -0.25) is 0 Å². The summed E-state index contributed by atoms with van der Waals surface area (Å²) in [4.78, 5) is 2.48. The molecule has 26 heavy (non-hydrogen) atoms. The van der Waals surface area contributed by atoms with Gasteiger partial charge in [-0.1, -0.05) is 6.42 Å². The van der Waals surface area contributed by atoms with E-state index in [-0.39, 0.29) is 10.7 Å². The lowest BCUT2D eigenvalue weighted by atomic mass is 10.1. The van der Waals surface area contributed by atoms with Crippen LogP contribution in [-0.4, -0.2) is 39.5 Å². The van der Waals surface area contributed by atoms with Crippen molar-refractivity contribution in [1.29, 1.82) is 0 Å². The first-order valence-corrected chi connectivity index (χ1v) is 10.3. The summed E-state index contributed by atoms with van der Waals surface area (Å²) in [6.07, 6.45) is 3.62. The van der Waals surface area contributed by atoms with Crippen molar-refractivity contribution < 1.29 is 17.5 Å². The summed E-state index contributed by atoms with van der Waals surface area (Å²) in [5.74, 6) is 0.639. The third kappa shape index (κ3) is 5.27. The van der Waals surface area contributed by atoms with E-state index in [0.29, 0.717) is 18.0 Å². The number of likely N-dealkylation sites (tertiary alicyclic amines) is 1. The monoisotopic (exact) mass is 378 g/mol. The molecule has 2 aromatic carbocycles. The van der Waals surface area contributed by atoms with Crippen molar-refractivity contribution in [2.24, 2.45) is 0 Å². The van der Waals surface area contributed by atoms with Gasteiger partial charge in [-0.05, 0) is 74.5 Å². The third-order valence-corrected chi connectivity index (χ3v) is 5.83. The van der Waals surface area contributed by atoms with E-state index in [4.69, 9.17) is 4.74 Å². The average Bonchev–Trinajstić information content (AvgIpc) is 2.65. The molecular weight excluding hydrogens is 355 g/mol. The number of benzene rings is 2. The fourth-order valence-electron chi connectivity index (χ4n) is 2.93. The summed E-state index contributed by atoms with van der Waals surface area (Å²) in [5, 5.41) is 0. The van der Waals surface area contributed by atoms with E-state index in [1.807, 2.05) is 0 Å². The molecule has 0 aromatic heterocycles. The quantitative estimate of drug-likeness (QED) is 0.802. The maximum atomic E-state index is 12.9. The molecule has 0 amide bonds. The van der Waals surface area contributed by atoms with Crippen LogP contribution < -0.4 is 9.46 Å². The molecular formula is C19H23FN2O3S. The van der Waals surface area contributed by atoms with E-state index in [0.717, 1.165) is 19.6 Å². The van der Waals surface area contributed by atoms with Crippen molar-refractivity contribution in [2.75, 3.05) is 26.2 Å². The number of hydrogen-bond acceptors (Lipinski definition) is 4. The summed E-state index contributed by atoms with van der Waals surface area (Å²) in [6.45, 7) is 3.20. The van der Waals surface area contributed by atoms with Gasteiger partial charge in [0.1, 0.15) is 17.3 Å². The summed E-state index contributed by atoms with van der Waals surface area (Å²) in [6, 6.07) is 11.8. The third-order valence-electron chi connectivity index (χ3n) is 4.35. The zero-order chi connectivity index (χ0) is 18.4. The van der Waals surface area contributed by atoms with Gasteiger partial charge in [-0.25, -0.2) is 17.5 Å². The molecule has 1 aliphatic rings. The Kier molecular flexibility index (Phi) is 6.24. The Morgan fingerprint density at radius 3 is 2.12 bits per heavy atom. The first-order valence-electron chi connectivity index (χ1n) is 8.78. The Morgan fingerprint density at radius 2 is 1.50 bits per heavy atom. The highest BCUT2D eigenvalue weighted by Crippen LogP contribution is 2.23. The second-order valence-electron chi connectivity index (χ2n) is 6.33. The van der Waals surface area contributed by atoms with E-state index in [1.54, 1.807) is 12.1 Å². The fourth-order valence-corrected chi connectivity index (χ4v) is 3.95. The van der Waals surface area contributed by atoms with Gasteiger partial charge in [-0.2, -0.15) is 0 Å². The molecule has 1 saturated heterocycles. The van der Waals surface area contributed by atoms with Crippen molar-refractivity contribution in [2.45, 2.75) is 24.2 Å². The van der Waals surface area contributed by atoms with Gasteiger partial charge >= 0.3 is 0 Å². The number of sulfonamides is 1. The van der Waals surface area contributed by atoms with Gasteiger partial charge in [-0.15, -0.1) is 0 Å². The Morgan fingerprint density at radius 1 is 0.923 bits per heavy atom. The van der Waals surface area contributed by atoms with E-state index in [1.165, 1.54) is 55.7 Å². The molecule has 0 spiro atoms. The second-order valence-corrected chi connectivity index (χ2v) is 8.09. The van der Waals surface area contributed by atoms with Gasteiger partial charge in [0.05, 0.1) is 4.90 Å². The van der Waals surface area contributed by atoms with Crippen molar-refractivity contribution in [3.63, 3.8) is 0 Å². The normalized spacial score (nSPS) is 15.7. The molecule has 0 aliphatic carbocycles. The molecule has 1 fully saturated rings. The predicted octanol–water partition coefficient (Wildman–Crippen LogP) is 3.38. The lowest BCUT2D eigenvalue weighted by Crippen LogP contribution is -2.37. The Bertz CT molecular complexity index is 802. The van der Waals surface area contributed by atoms with E-state index in [2.05, 4.69) is 9.62 Å². The zero-order valence-corrected chi connectivity index (χ0v) is 15.3. The fraction of sp³-hybridized carbons (Fsp3) is 0.368. The molecule has 0 bridgehead atoms. The number of nitrogens with one attached hydrogen (secondary N) is 1. The molecule has 0 unspecified atom stereocenters. The molecule has 0 atom stereocenters. The Hall–Kier alpha value is -1.96. The Balaban J connectivity index is 1.55. The Labute approximate surface area is 153 Å². The van der Waals surface area contributed by atoms with Crippen LogP contribution in [-0.2, 0) is 10.0 Å². The molecule has 0 saturated carbocycles. The van der Waals surface area contributed by atoms with Crippen LogP contribution in [0, 0.1) is 5.82 Å². The molecule has 1 N–H and O–H groups in total. The molecule has 7 heteroatoms. The van der Waals surface area contributed by atoms with Crippen LogP contribution in [0.3, 0.4) is 0 Å². The van der Waals surface area contributed by atoms with Gasteiger partial charge in [0, 0.05) is 13.1 Å². The number of rotatable bonds is 7. The summed E-state index contributed by atoms with van der Waals surface area (Å²) in [7, 11) is -3.54. The maximum absolute atomic E-state index is 12.9. The molecule has 140 valence electrons. The van der Waals surface area contributed by atoms with Crippen molar-refractivity contribution >= 4 is 10.0 Å². The van der Waals surface area contributed by atoms with Crippen molar-refractivity contribution in [3.05, 3.63) is 54.3 Å². The highest BCUT2D eigenvalue weighted by Gasteiger charge is 2.15. The molecule has 1 aliphatic heterocycles. The van der Waals surface area contributed by atoms with Gasteiger partial charge in [0.15, 0.2) is 0 Å². The predicted molar refractivity (Wildman–Crippen MR) is 98.4 cm³/mol. The molecule has 3 rings (SSSR count). The number of halogens is 1. The number of ether oxygens (including phenoxy) is 1. The minimum atomic E-state index is -3.54. The van der Waals surface area contributed by atoms with E-state index >= 15 is 0 Å². The number of nitrogens with zero attached hydrogens (tertiary/aromatic N) is 1. The minimum Gasteiger partial charge on any atom is -0.457 e. The van der Waals surface area contributed by atoms with Gasteiger partial charge in [0.25, 0.3) is 0 Å². The van der Waals surface area contributed by atoms with Crippen molar-refractivity contribution in [1.82, 2.24) is 9.62 Å². The highest BCUT2D eigenvalue weighted by atomic mass is 32.2. The lowest BCUT2D eigenvalue weighted by Gasteiger charge is -2.26.